The number of anilines is 1. The predicted octanol–water partition coefficient (Wildman–Crippen LogP) is 2.50. The number of ether oxygens (including phenoxy) is 1. The van der Waals surface area contributed by atoms with E-state index in [0.717, 1.165) is 5.56 Å². The number of methoxy groups -OCH3 is 1. The van der Waals surface area contributed by atoms with Gasteiger partial charge in [0, 0.05) is 6.54 Å². The van der Waals surface area contributed by atoms with Gasteiger partial charge in [0.05, 0.1) is 18.4 Å². The molecule has 0 aliphatic carbocycles. The van der Waals surface area contributed by atoms with E-state index in [9.17, 15) is 14.7 Å². The Bertz CT molecular complexity index is 668. The molecule has 2 amide bonds. The number of carbonyl (C=O) groups is 2. The molecule has 3 N–H and O–H groups in total. The molecule has 0 spiro atoms. The molecule has 0 aliphatic heterocycles. The van der Waals surface area contributed by atoms with Gasteiger partial charge in [-0.25, -0.2) is 9.59 Å². The number of amides is 2. The average molecular weight is 300 g/mol. The van der Waals surface area contributed by atoms with E-state index in [1.54, 1.807) is 42.5 Å². The number of hydrogen-bond acceptors (Lipinski definition) is 4. The van der Waals surface area contributed by atoms with Crippen LogP contribution in [0.4, 0.5) is 10.5 Å². The fraction of sp³-hybridized carbons (Fsp3) is 0.125. The van der Waals surface area contributed by atoms with Gasteiger partial charge in [-0.15, -0.1) is 0 Å². The molecule has 0 atom stereocenters. The van der Waals surface area contributed by atoms with Crippen molar-refractivity contribution in [3.8, 4) is 5.75 Å². The van der Waals surface area contributed by atoms with Crippen LogP contribution in [0.25, 0.3) is 0 Å². The Balaban J connectivity index is 1.89. The lowest BCUT2D eigenvalue weighted by atomic mass is 10.1. The molecule has 0 aromatic heterocycles. The number of urea groups is 1. The first-order chi connectivity index (χ1) is 10.6. The largest absolute Gasteiger partial charge is 0.506 e. The van der Waals surface area contributed by atoms with E-state index in [-0.39, 0.29) is 5.75 Å². The number of para-hydroxylation sites is 2. The van der Waals surface area contributed by atoms with Gasteiger partial charge < -0.3 is 20.5 Å². The number of carbonyl (C=O) groups excluding carboxylic acids is 2. The Labute approximate surface area is 127 Å². The van der Waals surface area contributed by atoms with Gasteiger partial charge in [0.1, 0.15) is 5.75 Å². The molecule has 2 rings (SSSR count). The number of phenols is 1. The normalized spacial score (nSPS) is 9.86. The highest BCUT2D eigenvalue weighted by molar-refractivity contribution is 5.91. The number of nitrogens with one attached hydrogen (secondary N) is 2. The number of rotatable bonds is 4. The maximum Gasteiger partial charge on any atom is 0.337 e. The van der Waals surface area contributed by atoms with Crippen LogP contribution in [-0.4, -0.2) is 24.2 Å². The van der Waals surface area contributed by atoms with Crippen LogP contribution in [0.2, 0.25) is 0 Å². The molecule has 0 unspecified atom stereocenters. The molecule has 22 heavy (non-hydrogen) atoms. The lowest BCUT2D eigenvalue weighted by Crippen LogP contribution is -2.28. The second-order valence-corrected chi connectivity index (χ2v) is 4.51. The molecule has 2 aromatic carbocycles. The van der Waals surface area contributed by atoms with Crippen LogP contribution in [-0.2, 0) is 11.3 Å². The van der Waals surface area contributed by atoms with E-state index >= 15 is 0 Å². The highest BCUT2D eigenvalue weighted by atomic mass is 16.5. The van der Waals surface area contributed by atoms with Gasteiger partial charge in [-0.05, 0) is 29.8 Å². The molecule has 0 saturated heterocycles. The molecule has 6 nitrogen and oxygen atoms in total. The maximum atomic E-state index is 11.8. The minimum absolute atomic E-state index is 0.0000749. The highest BCUT2D eigenvalue weighted by Crippen LogP contribution is 2.21. The van der Waals surface area contributed by atoms with Crippen LogP contribution in [0.5, 0.6) is 5.75 Å². The quantitative estimate of drug-likeness (QED) is 0.598. The number of esters is 1. The van der Waals surface area contributed by atoms with Gasteiger partial charge in [0.15, 0.2) is 0 Å². The summed E-state index contributed by atoms with van der Waals surface area (Å²) < 4.78 is 4.61. The van der Waals surface area contributed by atoms with Crippen LogP contribution in [0.3, 0.4) is 0 Å². The standard InChI is InChI=1S/C16H16N2O4/c1-22-15(20)12-8-6-11(7-9-12)10-17-16(21)18-13-4-2-3-5-14(13)19/h2-9,19H,10H2,1H3,(H2,17,18,21). The molecule has 0 saturated carbocycles. The topological polar surface area (TPSA) is 87.7 Å². The number of aromatic hydroxyl groups is 1. The second kappa shape index (κ2) is 7.12. The monoisotopic (exact) mass is 300 g/mol. The molecule has 0 bridgehead atoms. The fourth-order valence-corrected chi connectivity index (χ4v) is 1.80. The van der Waals surface area contributed by atoms with Crippen molar-refractivity contribution in [2.24, 2.45) is 0 Å². The van der Waals surface area contributed by atoms with Crippen molar-refractivity contribution in [2.75, 3.05) is 12.4 Å². The Hall–Kier alpha value is -3.02. The third-order valence-electron chi connectivity index (χ3n) is 2.98. The van der Waals surface area contributed by atoms with Crippen molar-refractivity contribution in [3.63, 3.8) is 0 Å². The van der Waals surface area contributed by atoms with Crippen LogP contribution < -0.4 is 10.6 Å². The van der Waals surface area contributed by atoms with E-state index in [1.807, 2.05) is 0 Å². The number of phenolic OH excluding ortho intramolecular Hbond substituents is 1. The van der Waals surface area contributed by atoms with Crippen molar-refractivity contribution >= 4 is 17.7 Å². The van der Waals surface area contributed by atoms with Crippen molar-refractivity contribution in [1.29, 1.82) is 0 Å². The summed E-state index contributed by atoms with van der Waals surface area (Å²) in [5.74, 6) is -0.406. The highest BCUT2D eigenvalue weighted by Gasteiger charge is 2.07. The summed E-state index contributed by atoms with van der Waals surface area (Å²) >= 11 is 0. The molecule has 6 heteroatoms. The van der Waals surface area contributed by atoms with Crippen LogP contribution in [0.15, 0.2) is 48.5 Å². The lowest BCUT2D eigenvalue weighted by Gasteiger charge is -2.09. The van der Waals surface area contributed by atoms with E-state index in [0.29, 0.717) is 17.8 Å². The molecule has 2 aromatic rings. The second-order valence-electron chi connectivity index (χ2n) is 4.51. The van der Waals surface area contributed by atoms with Gasteiger partial charge in [-0.1, -0.05) is 24.3 Å². The number of benzene rings is 2. The lowest BCUT2D eigenvalue weighted by molar-refractivity contribution is 0.0600. The number of hydrogen-bond donors (Lipinski definition) is 3. The van der Waals surface area contributed by atoms with Crippen LogP contribution in [0, 0.1) is 0 Å². The summed E-state index contributed by atoms with van der Waals surface area (Å²) in [6.45, 7) is 0.293. The van der Waals surface area contributed by atoms with E-state index in [4.69, 9.17) is 0 Å². The summed E-state index contributed by atoms with van der Waals surface area (Å²) in [7, 11) is 1.32. The molecule has 114 valence electrons. The minimum atomic E-state index is -0.432. The molecule has 0 radical (unpaired) electrons. The Morgan fingerprint density at radius 1 is 1.09 bits per heavy atom. The van der Waals surface area contributed by atoms with Crippen molar-refractivity contribution in [3.05, 3.63) is 59.7 Å². The third-order valence-corrected chi connectivity index (χ3v) is 2.98. The Morgan fingerprint density at radius 2 is 1.77 bits per heavy atom. The van der Waals surface area contributed by atoms with Gasteiger partial charge >= 0.3 is 12.0 Å². The van der Waals surface area contributed by atoms with Crippen molar-refractivity contribution < 1.29 is 19.4 Å². The van der Waals surface area contributed by atoms with E-state index in [1.165, 1.54) is 13.2 Å². The molecule has 0 aliphatic rings. The molecular weight excluding hydrogens is 284 g/mol. The zero-order valence-corrected chi connectivity index (χ0v) is 12.0. The summed E-state index contributed by atoms with van der Waals surface area (Å²) in [5, 5.41) is 14.8. The smallest absolute Gasteiger partial charge is 0.337 e. The zero-order valence-electron chi connectivity index (χ0n) is 12.0. The zero-order chi connectivity index (χ0) is 15.9. The van der Waals surface area contributed by atoms with Gasteiger partial charge in [0.2, 0.25) is 0 Å². The maximum absolute atomic E-state index is 11.8. The Kier molecular flexibility index (Phi) is 4.98. The Morgan fingerprint density at radius 3 is 2.41 bits per heavy atom. The summed E-state index contributed by atoms with van der Waals surface area (Å²) in [6, 6.07) is 12.7. The van der Waals surface area contributed by atoms with Crippen molar-refractivity contribution in [1.82, 2.24) is 5.32 Å². The molecular formula is C16H16N2O4. The molecule has 0 fully saturated rings. The minimum Gasteiger partial charge on any atom is -0.506 e. The first kappa shape index (κ1) is 15.4. The summed E-state index contributed by atoms with van der Waals surface area (Å²) in [5.41, 5.74) is 1.62. The summed E-state index contributed by atoms with van der Waals surface area (Å²) in [6.07, 6.45) is 0. The van der Waals surface area contributed by atoms with Crippen molar-refractivity contribution in [2.45, 2.75) is 6.54 Å². The first-order valence-electron chi connectivity index (χ1n) is 6.60. The predicted molar refractivity (Wildman–Crippen MR) is 81.7 cm³/mol. The van der Waals surface area contributed by atoms with Crippen LogP contribution >= 0.6 is 0 Å². The van der Waals surface area contributed by atoms with Gasteiger partial charge in [0.25, 0.3) is 0 Å². The SMILES string of the molecule is COC(=O)c1ccc(CNC(=O)Nc2ccccc2O)cc1. The average Bonchev–Trinajstić information content (AvgIpc) is 2.55. The van der Waals surface area contributed by atoms with Gasteiger partial charge in [-0.3, -0.25) is 0 Å². The van der Waals surface area contributed by atoms with E-state index in [2.05, 4.69) is 15.4 Å². The van der Waals surface area contributed by atoms with Crippen LogP contribution in [0.1, 0.15) is 15.9 Å². The summed E-state index contributed by atoms with van der Waals surface area (Å²) in [4.78, 5) is 23.1. The third kappa shape index (κ3) is 3.99. The fourth-order valence-electron chi connectivity index (χ4n) is 1.80. The molecule has 0 heterocycles. The van der Waals surface area contributed by atoms with E-state index < -0.39 is 12.0 Å². The van der Waals surface area contributed by atoms with Gasteiger partial charge in [-0.2, -0.15) is 0 Å². The first-order valence-corrected chi connectivity index (χ1v) is 6.60.